The molecule has 28 heavy (non-hydrogen) atoms. The summed E-state index contributed by atoms with van der Waals surface area (Å²) in [5.74, 6) is 0.312. The van der Waals surface area contributed by atoms with Crippen LogP contribution in [0.4, 0.5) is 0 Å². The van der Waals surface area contributed by atoms with E-state index in [9.17, 15) is 5.11 Å². The van der Waals surface area contributed by atoms with Gasteiger partial charge < -0.3 is 5.11 Å². The van der Waals surface area contributed by atoms with Crippen LogP contribution >= 0.6 is 27.7 Å². The normalized spacial score (nSPS) is 19.3. The molecule has 1 aliphatic heterocycles. The van der Waals surface area contributed by atoms with Gasteiger partial charge in [-0.15, -0.1) is 11.8 Å². The van der Waals surface area contributed by atoms with Gasteiger partial charge in [0.25, 0.3) is 0 Å². The topological polar surface area (TPSA) is 44.6 Å². The Kier molecular flexibility index (Phi) is 5.85. The fourth-order valence-corrected chi connectivity index (χ4v) is 4.30. The SMILES string of the molecule is CSc1ccc(C2N=C(c3cccc(Br)c3)CC(c3ccccc3O)N2)cc1. The highest BCUT2D eigenvalue weighted by Crippen LogP contribution is 2.34. The van der Waals surface area contributed by atoms with Gasteiger partial charge in [-0.05, 0) is 47.7 Å². The highest BCUT2D eigenvalue weighted by Gasteiger charge is 2.27. The summed E-state index contributed by atoms with van der Waals surface area (Å²) in [7, 11) is 0. The van der Waals surface area contributed by atoms with Gasteiger partial charge in [0.1, 0.15) is 11.9 Å². The van der Waals surface area contributed by atoms with Crippen LogP contribution in [0.15, 0.2) is 87.2 Å². The first-order valence-corrected chi connectivity index (χ1v) is 11.2. The van der Waals surface area contributed by atoms with Crippen molar-refractivity contribution in [2.24, 2.45) is 4.99 Å². The molecule has 0 saturated heterocycles. The quantitative estimate of drug-likeness (QED) is 0.470. The fraction of sp³-hybridized carbons (Fsp3) is 0.174. The smallest absolute Gasteiger partial charge is 0.126 e. The lowest BCUT2D eigenvalue weighted by atomic mass is 9.93. The molecule has 0 fully saturated rings. The van der Waals surface area contributed by atoms with E-state index in [1.807, 2.05) is 30.3 Å². The first-order chi connectivity index (χ1) is 13.6. The Labute approximate surface area is 178 Å². The van der Waals surface area contributed by atoms with E-state index in [0.717, 1.165) is 26.9 Å². The summed E-state index contributed by atoms with van der Waals surface area (Å²) in [4.78, 5) is 6.25. The first kappa shape index (κ1) is 19.2. The molecule has 4 rings (SSSR count). The molecule has 2 unspecified atom stereocenters. The summed E-state index contributed by atoms with van der Waals surface area (Å²) in [6, 6.07) is 24.2. The van der Waals surface area contributed by atoms with Crippen LogP contribution in [0.3, 0.4) is 0 Å². The summed E-state index contributed by atoms with van der Waals surface area (Å²) in [5, 5.41) is 14.0. The number of aromatic hydroxyl groups is 1. The minimum absolute atomic E-state index is 0.0158. The molecule has 3 aromatic carbocycles. The minimum Gasteiger partial charge on any atom is -0.508 e. The monoisotopic (exact) mass is 452 g/mol. The van der Waals surface area contributed by atoms with Gasteiger partial charge in [0, 0.05) is 33.1 Å². The van der Waals surface area contributed by atoms with Gasteiger partial charge >= 0.3 is 0 Å². The predicted octanol–water partition coefficient (Wildman–Crippen LogP) is 6.10. The van der Waals surface area contributed by atoms with E-state index in [1.54, 1.807) is 17.8 Å². The summed E-state index contributed by atoms with van der Waals surface area (Å²) < 4.78 is 1.03. The Bertz CT molecular complexity index is 1000. The summed E-state index contributed by atoms with van der Waals surface area (Å²) >= 11 is 5.29. The average molecular weight is 453 g/mol. The number of hydrogen-bond acceptors (Lipinski definition) is 4. The van der Waals surface area contributed by atoms with Crippen LogP contribution in [0.1, 0.15) is 35.3 Å². The number of benzene rings is 3. The van der Waals surface area contributed by atoms with Crippen molar-refractivity contribution in [3.63, 3.8) is 0 Å². The van der Waals surface area contributed by atoms with Gasteiger partial charge in [-0.1, -0.05) is 58.4 Å². The maximum absolute atomic E-state index is 10.4. The van der Waals surface area contributed by atoms with E-state index in [1.165, 1.54) is 4.90 Å². The second kappa shape index (κ2) is 8.52. The second-order valence-electron chi connectivity index (χ2n) is 6.74. The lowest BCUT2D eigenvalue weighted by molar-refractivity contribution is 0.412. The molecule has 0 radical (unpaired) electrons. The van der Waals surface area contributed by atoms with Crippen LogP contribution in [0.5, 0.6) is 5.75 Å². The molecule has 2 N–H and O–H groups in total. The van der Waals surface area contributed by atoms with E-state index in [0.29, 0.717) is 12.2 Å². The van der Waals surface area contributed by atoms with Crippen molar-refractivity contribution in [1.82, 2.24) is 5.32 Å². The number of nitrogens with zero attached hydrogens (tertiary/aromatic N) is 1. The van der Waals surface area contributed by atoms with Crippen molar-refractivity contribution in [3.8, 4) is 5.75 Å². The number of para-hydroxylation sites is 1. The highest BCUT2D eigenvalue weighted by atomic mass is 79.9. The van der Waals surface area contributed by atoms with Crippen molar-refractivity contribution >= 4 is 33.4 Å². The zero-order valence-corrected chi connectivity index (χ0v) is 17.9. The van der Waals surface area contributed by atoms with Crippen LogP contribution in [0, 0.1) is 0 Å². The molecule has 142 valence electrons. The van der Waals surface area contributed by atoms with Crippen LogP contribution in [0.25, 0.3) is 0 Å². The van der Waals surface area contributed by atoms with Crippen molar-refractivity contribution in [3.05, 3.63) is 94.0 Å². The van der Waals surface area contributed by atoms with Crippen molar-refractivity contribution in [2.75, 3.05) is 6.26 Å². The number of halogens is 1. The lowest BCUT2D eigenvalue weighted by Gasteiger charge is -2.31. The van der Waals surface area contributed by atoms with Crippen molar-refractivity contribution in [1.29, 1.82) is 0 Å². The standard InChI is InChI=1S/C23H21BrN2OS/c1-28-18-11-9-15(10-12-18)23-25-20(16-5-4-6-17(24)13-16)14-21(26-23)19-7-2-3-8-22(19)27/h2-13,21,23,26-27H,14H2,1H3. The Balaban J connectivity index is 1.74. The molecule has 0 saturated carbocycles. The molecule has 5 heteroatoms. The number of phenols is 1. The van der Waals surface area contributed by atoms with Crippen LogP contribution in [-0.4, -0.2) is 17.1 Å². The Morgan fingerprint density at radius 2 is 1.82 bits per heavy atom. The molecule has 0 bridgehead atoms. The van der Waals surface area contributed by atoms with Gasteiger partial charge in [-0.2, -0.15) is 0 Å². The molecule has 0 aromatic heterocycles. The first-order valence-electron chi connectivity index (χ1n) is 9.14. The largest absolute Gasteiger partial charge is 0.508 e. The molecule has 3 aromatic rings. The van der Waals surface area contributed by atoms with Gasteiger partial charge in [0.05, 0.1) is 0 Å². The zero-order valence-electron chi connectivity index (χ0n) is 15.5. The van der Waals surface area contributed by atoms with Gasteiger partial charge in [0.2, 0.25) is 0 Å². The highest BCUT2D eigenvalue weighted by molar-refractivity contribution is 9.10. The third-order valence-electron chi connectivity index (χ3n) is 4.94. The molecular formula is C23H21BrN2OS. The van der Waals surface area contributed by atoms with Crippen LogP contribution < -0.4 is 5.32 Å². The summed E-state index contributed by atoms with van der Waals surface area (Å²) in [6.45, 7) is 0. The van der Waals surface area contributed by atoms with Gasteiger partial charge in [-0.3, -0.25) is 10.3 Å². The van der Waals surface area contributed by atoms with Gasteiger partial charge in [-0.25, -0.2) is 0 Å². The lowest BCUT2D eigenvalue weighted by Crippen LogP contribution is -2.33. The maximum atomic E-state index is 10.4. The Morgan fingerprint density at radius 3 is 2.54 bits per heavy atom. The van der Waals surface area contributed by atoms with Crippen LogP contribution in [0.2, 0.25) is 0 Å². The molecule has 0 amide bonds. The number of nitrogens with one attached hydrogen (secondary N) is 1. The predicted molar refractivity (Wildman–Crippen MR) is 120 cm³/mol. The Hall–Kier alpha value is -2.08. The summed E-state index contributed by atoms with van der Waals surface area (Å²) in [5.41, 5.74) is 4.15. The molecular weight excluding hydrogens is 432 g/mol. The molecule has 1 aliphatic rings. The average Bonchev–Trinajstić information content (AvgIpc) is 2.74. The molecule has 0 spiro atoms. The number of thioether (sulfide) groups is 1. The minimum atomic E-state index is -0.164. The number of phenolic OH excluding ortho intramolecular Hbond substituents is 1. The second-order valence-corrected chi connectivity index (χ2v) is 8.54. The van der Waals surface area contributed by atoms with E-state index in [4.69, 9.17) is 4.99 Å². The summed E-state index contributed by atoms with van der Waals surface area (Å²) in [6.07, 6.45) is 2.63. The third-order valence-corrected chi connectivity index (χ3v) is 6.18. The van der Waals surface area contributed by atoms with Crippen molar-refractivity contribution < 1.29 is 5.11 Å². The van der Waals surface area contributed by atoms with Gasteiger partial charge in [0.15, 0.2) is 0 Å². The number of hydrogen-bond donors (Lipinski definition) is 2. The van der Waals surface area contributed by atoms with Crippen molar-refractivity contribution in [2.45, 2.75) is 23.5 Å². The van der Waals surface area contributed by atoms with E-state index >= 15 is 0 Å². The third kappa shape index (κ3) is 4.17. The van der Waals surface area contributed by atoms with E-state index < -0.39 is 0 Å². The maximum Gasteiger partial charge on any atom is 0.126 e. The molecule has 2 atom stereocenters. The van der Waals surface area contributed by atoms with Crippen LogP contribution in [-0.2, 0) is 0 Å². The number of rotatable bonds is 4. The zero-order chi connectivity index (χ0) is 19.5. The van der Waals surface area contributed by atoms with E-state index in [-0.39, 0.29) is 12.2 Å². The molecule has 1 heterocycles. The molecule has 0 aliphatic carbocycles. The molecule has 3 nitrogen and oxygen atoms in total. The number of aliphatic imine (C=N–C) groups is 1. The fourth-order valence-electron chi connectivity index (χ4n) is 3.49. The van der Waals surface area contributed by atoms with E-state index in [2.05, 4.69) is 63.9 Å². The Morgan fingerprint density at radius 1 is 1.04 bits per heavy atom.